The van der Waals surface area contributed by atoms with E-state index in [1.165, 1.54) is 44.9 Å². The lowest BCUT2D eigenvalue weighted by atomic mass is 9.69. The Hall–Kier alpha value is -0.260. The Bertz CT molecular complexity index is 237. The molecule has 2 unspecified atom stereocenters. The van der Waals surface area contributed by atoms with Gasteiger partial charge in [0.15, 0.2) is 0 Å². The fraction of sp³-hybridized carbons (Fsp3) is 0.875. The lowest BCUT2D eigenvalue weighted by Crippen LogP contribution is -2.25. The normalized spacial score (nSPS) is 32.9. The van der Waals surface area contributed by atoms with Gasteiger partial charge in [-0.15, -0.1) is 0 Å². The smallest absolute Gasteiger partial charge is 0.0184 e. The largest absolute Gasteiger partial charge is 0.0848 e. The highest BCUT2D eigenvalue weighted by molar-refractivity contribution is 5.03. The number of rotatable bonds is 1. The summed E-state index contributed by atoms with van der Waals surface area (Å²) in [6, 6.07) is 0. The van der Waals surface area contributed by atoms with Crippen molar-refractivity contribution >= 4 is 0 Å². The van der Waals surface area contributed by atoms with Crippen molar-refractivity contribution in [3.8, 4) is 0 Å². The average molecular weight is 220 g/mol. The van der Waals surface area contributed by atoms with Crippen LogP contribution in [0, 0.1) is 23.2 Å². The zero-order chi connectivity index (χ0) is 11.6. The van der Waals surface area contributed by atoms with Crippen LogP contribution < -0.4 is 0 Å². The molecule has 1 fully saturated rings. The van der Waals surface area contributed by atoms with Crippen LogP contribution in [0.1, 0.15) is 65.7 Å². The van der Waals surface area contributed by atoms with Gasteiger partial charge in [-0.2, -0.15) is 0 Å². The summed E-state index contributed by atoms with van der Waals surface area (Å²) in [6.45, 7) is 7.13. The zero-order valence-corrected chi connectivity index (χ0v) is 11.3. The molecule has 92 valence electrons. The van der Waals surface area contributed by atoms with Gasteiger partial charge in [-0.25, -0.2) is 0 Å². The van der Waals surface area contributed by atoms with E-state index in [0.717, 1.165) is 17.8 Å². The van der Waals surface area contributed by atoms with Crippen molar-refractivity contribution in [2.24, 2.45) is 23.2 Å². The zero-order valence-electron chi connectivity index (χ0n) is 11.3. The molecule has 0 bridgehead atoms. The van der Waals surface area contributed by atoms with Gasteiger partial charge in [0.25, 0.3) is 0 Å². The first kappa shape index (κ1) is 12.2. The second-order valence-corrected chi connectivity index (χ2v) is 7.00. The molecular formula is C16H28. The van der Waals surface area contributed by atoms with Gasteiger partial charge in [0.2, 0.25) is 0 Å². The molecule has 2 atom stereocenters. The maximum atomic E-state index is 2.56. The lowest BCUT2D eigenvalue weighted by molar-refractivity contribution is 0.211. The van der Waals surface area contributed by atoms with Crippen LogP contribution in [-0.2, 0) is 0 Å². The molecule has 0 heteroatoms. The van der Waals surface area contributed by atoms with E-state index >= 15 is 0 Å². The third-order valence-corrected chi connectivity index (χ3v) is 4.77. The fourth-order valence-corrected chi connectivity index (χ4v) is 3.52. The Balaban J connectivity index is 1.91. The molecule has 0 aromatic heterocycles. The fourth-order valence-electron chi connectivity index (χ4n) is 3.52. The molecule has 2 aliphatic carbocycles. The Labute approximate surface area is 102 Å². The van der Waals surface area contributed by atoms with Crippen molar-refractivity contribution in [3.05, 3.63) is 12.2 Å². The van der Waals surface area contributed by atoms with E-state index in [0.29, 0.717) is 5.41 Å². The summed E-state index contributed by atoms with van der Waals surface area (Å²) in [5.74, 6) is 2.75. The predicted octanol–water partition coefficient (Wildman–Crippen LogP) is 5.20. The molecule has 16 heavy (non-hydrogen) atoms. The molecule has 0 N–H and O–H groups in total. The molecule has 0 amide bonds. The predicted molar refractivity (Wildman–Crippen MR) is 71.4 cm³/mol. The van der Waals surface area contributed by atoms with Crippen LogP contribution >= 0.6 is 0 Å². The van der Waals surface area contributed by atoms with Crippen LogP contribution in [0.3, 0.4) is 0 Å². The topological polar surface area (TPSA) is 0 Å². The molecule has 0 heterocycles. The monoisotopic (exact) mass is 220 g/mol. The summed E-state index contributed by atoms with van der Waals surface area (Å²) in [7, 11) is 0. The van der Waals surface area contributed by atoms with Crippen LogP contribution in [0.4, 0.5) is 0 Å². The summed E-state index contributed by atoms with van der Waals surface area (Å²) in [4.78, 5) is 0. The molecule has 0 saturated heterocycles. The van der Waals surface area contributed by atoms with Crippen LogP contribution in [0.25, 0.3) is 0 Å². The van der Waals surface area contributed by atoms with E-state index in [1.54, 1.807) is 0 Å². The molecule has 0 nitrogen and oxygen atoms in total. The van der Waals surface area contributed by atoms with E-state index in [9.17, 15) is 0 Å². The van der Waals surface area contributed by atoms with Crippen molar-refractivity contribution in [2.75, 3.05) is 0 Å². The molecule has 0 aromatic rings. The first-order chi connectivity index (χ1) is 7.57. The minimum atomic E-state index is 0.466. The third-order valence-electron chi connectivity index (χ3n) is 4.77. The molecule has 1 saturated carbocycles. The van der Waals surface area contributed by atoms with E-state index in [1.807, 2.05) is 0 Å². The van der Waals surface area contributed by atoms with Gasteiger partial charge in [-0.05, 0) is 48.9 Å². The van der Waals surface area contributed by atoms with E-state index < -0.39 is 0 Å². The quantitative estimate of drug-likeness (QED) is 0.533. The molecule has 0 spiro atoms. The first-order valence-corrected chi connectivity index (χ1v) is 7.26. The molecule has 0 radical (unpaired) electrons. The lowest BCUT2D eigenvalue weighted by Gasteiger charge is -2.36. The highest BCUT2D eigenvalue weighted by Gasteiger charge is 2.29. The van der Waals surface area contributed by atoms with Gasteiger partial charge in [0, 0.05) is 0 Å². The minimum absolute atomic E-state index is 0.466. The van der Waals surface area contributed by atoms with Crippen LogP contribution in [0.5, 0.6) is 0 Å². The maximum absolute atomic E-state index is 2.56. The Morgan fingerprint density at radius 3 is 2.00 bits per heavy atom. The summed E-state index contributed by atoms with van der Waals surface area (Å²) in [5.41, 5.74) is 0.466. The molecule has 2 rings (SSSR count). The van der Waals surface area contributed by atoms with Crippen molar-refractivity contribution in [1.29, 1.82) is 0 Å². The number of hydrogen-bond acceptors (Lipinski definition) is 0. The van der Waals surface area contributed by atoms with Gasteiger partial charge >= 0.3 is 0 Å². The molecule has 2 aliphatic rings. The SMILES string of the molecule is CC(C)(C)C1C=CC(C2CCCCC2)CC1. The van der Waals surface area contributed by atoms with Crippen molar-refractivity contribution < 1.29 is 0 Å². The Morgan fingerprint density at radius 1 is 0.812 bits per heavy atom. The Kier molecular flexibility index (Phi) is 3.77. The van der Waals surface area contributed by atoms with Crippen LogP contribution in [-0.4, -0.2) is 0 Å². The van der Waals surface area contributed by atoms with E-state index in [4.69, 9.17) is 0 Å². The van der Waals surface area contributed by atoms with Crippen LogP contribution in [0.15, 0.2) is 12.2 Å². The average Bonchev–Trinajstić information content (AvgIpc) is 2.29. The highest BCUT2D eigenvalue weighted by Crippen LogP contribution is 2.40. The van der Waals surface area contributed by atoms with Gasteiger partial charge in [0.1, 0.15) is 0 Å². The maximum Gasteiger partial charge on any atom is -0.0184 e. The Morgan fingerprint density at radius 2 is 1.50 bits per heavy atom. The van der Waals surface area contributed by atoms with Gasteiger partial charge in [-0.1, -0.05) is 52.2 Å². The number of hydrogen-bond donors (Lipinski definition) is 0. The third kappa shape index (κ3) is 2.90. The second-order valence-electron chi connectivity index (χ2n) is 7.00. The van der Waals surface area contributed by atoms with Crippen molar-refractivity contribution in [3.63, 3.8) is 0 Å². The summed E-state index contributed by atoms with van der Waals surface area (Å²) < 4.78 is 0. The summed E-state index contributed by atoms with van der Waals surface area (Å²) >= 11 is 0. The molecular weight excluding hydrogens is 192 g/mol. The molecule has 0 aliphatic heterocycles. The standard InChI is InChI=1S/C16H28/c1-16(2,3)15-11-9-14(10-12-15)13-7-5-4-6-8-13/h9,11,13-15H,4-8,10,12H2,1-3H3. The summed E-state index contributed by atoms with van der Waals surface area (Å²) in [6.07, 6.45) is 15.4. The van der Waals surface area contributed by atoms with E-state index in [2.05, 4.69) is 32.9 Å². The highest BCUT2D eigenvalue weighted by atomic mass is 14.3. The van der Waals surface area contributed by atoms with Crippen LogP contribution in [0.2, 0.25) is 0 Å². The van der Waals surface area contributed by atoms with E-state index in [-0.39, 0.29) is 0 Å². The van der Waals surface area contributed by atoms with Crippen molar-refractivity contribution in [2.45, 2.75) is 65.7 Å². The van der Waals surface area contributed by atoms with Crippen molar-refractivity contribution in [1.82, 2.24) is 0 Å². The van der Waals surface area contributed by atoms with Gasteiger partial charge < -0.3 is 0 Å². The van der Waals surface area contributed by atoms with Gasteiger partial charge in [-0.3, -0.25) is 0 Å². The van der Waals surface area contributed by atoms with Gasteiger partial charge in [0.05, 0.1) is 0 Å². The first-order valence-electron chi connectivity index (χ1n) is 7.26. The second kappa shape index (κ2) is 4.94. The molecule has 0 aromatic carbocycles. The minimum Gasteiger partial charge on any atom is -0.0848 e. The number of allylic oxidation sites excluding steroid dienone is 2. The summed E-state index contributed by atoms with van der Waals surface area (Å²) in [5, 5.41) is 0.